The fourth-order valence-electron chi connectivity index (χ4n) is 2.16. The third-order valence-electron chi connectivity index (χ3n) is 2.99. The molecule has 0 nitrogen and oxygen atoms in total. The van der Waals surface area contributed by atoms with Gasteiger partial charge >= 0.3 is 72.5 Å². The van der Waals surface area contributed by atoms with E-state index in [-0.39, 0.29) is 0 Å². The van der Waals surface area contributed by atoms with Gasteiger partial charge in [-0.25, -0.2) is 0 Å². The summed E-state index contributed by atoms with van der Waals surface area (Å²) in [6, 6.07) is 0. The van der Waals surface area contributed by atoms with E-state index in [9.17, 15) is 0 Å². The van der Waals surface area contributed by atoms with E-state index in [1.807, 2.05) is 0 Å². The molecule has 12 heavy (non-hydrogen) atoms. The van der Waals surface area contributed by atoms with Crippen molar-refractivity contribution in [3.8, 4) is 0 Å². The average molecular weight is 137 g/mol. The zero-order valence-corrected chi connectivity index (χ0v) is 6.46. The standard InChI is InChI=1S/C6B6/c7-1-2(8-7)4-6(12-11-4)5-3(1)9-10-5. The van der Waals surface area contributed by atoms with E-state index in [0.717, 1.165) is 0 Å². The molecule has 1 aromatic carbocycles. The van der Waals surface area contributed by atoms with Crippen LogP contribution in [0, 0.1) is 0 Å². The quantitative estimate of drug-likeness (QED) is 0.306. The van der Waals surface area contributed by atoms with E-state index < -0.39 is 0 Å². The summed E-state index contributed by atoms with van der Waals surface area (Å²) in [6.45, 7) is 13.3. The Morgan fingerprint density at radius 1 is 0.333 bits per heavy atom. The van der Waals surface area contributed by atoms with Gasteiger partial charge in [0.05, 0.1) is 0 Å². The van der Waals surface area contributed by atoms with Crippen molar-refractivity contribution >= 4 is 72.5 Å². The molecule has 0 aliphatic heterocycles. The van der Waals surface area contributed by atoms with E-state index in [2.05, 4.69) is 40.8 Å². The van der Waals surface area contributed by atoms with Crippen LogP contribution in [0.2, 0.25) is 0 Å². The first-order chi connectivity index (χ1) is 5.95. The van der Waals surface area contributed by atoms with Gasteiger partial charge in [0.2, 0.25) is 0 Å². The molecule has 0 spiro atoms. The first-order valence-corrected chi connectivity index (χ1v) is 4.23. The van der Waals surface area contributed by atoms with Crippen LogP contribution in [0.4, 0.5) is 0 Å². The van der Waals surface area contributed by atoms with Gasteiger partial charge in [-0.3, -0.25) is 0 Å². The molecule has 0 saturated carbocycles. The van der Waals surface area contributed by atoms with Gasteiger partial charge in [-0.2, -0.15) is 0 Å². The monoisotopic (exact) mass is 138 g/mol. The second kappa shape index (κ2) is 1.76. The normalized spacial score (nSPS) is 11.0. The Morgan fingerprint density at radius 3 is 0.583 bits per heavy atom. The van der Waals surface area contributed by atoms with Gasteiger partial charge in [0.1, 0.15) is 0 Å². The zero-order chi connectivity index (χ0) is 7.71. The Hall–Kier alpha value is -0.390. The zero-order valence-electron chi connectivity index (χ0n) is 6.46. The Kier molecular flexibility index (Phi) is 0.897. The molecule has 4 aromatic rings. The molecule has 0 atom stereocenters. The van der Waals surface area contributed by atoms with Crippen LogP contribution in [0.3, 0.4) is 0 Å². The molecule has 0 aliphatic rings. The van der Waals surface area contributed by atoms with Crippen LogP contribution in [0.5, 0.6) is 0 Å². The fraction of sp³-hybridized carbons (Fsp3) is 0. The number of hydrogen-bond acceptors (Lipinski definition) is 0. The van der Waals surface area contributed by atoms with E-state index >= 15 is 0 Å². The first-order valence-electron chi connectivity index (χ1n) is 4.23. The molecule has 6 heteroatoms. The molecular formula is C6B6. The van der Waals surface area contributed by atoms with Crippen LogP contribution in [0.1, 0.15) is 0 Å². The summed E-state index contributed by atoms with van der Waals surface area (Å²) in [5.41, 5.74) is 0. The molecule has 42 valence electrons. The van der Waals surface area contributed by atoms with Gasteiger partial charge in [0.15, 0.2) is 0 Å². The Balaban J connectivity index is 2.52. The molecule has 0 N–H and O–H groups in total. The summed E-state index contributed by atoms with van der Waals surface area (Å²) < 4.78 is 0. The van der Waals surface area contributed by atoms with Gasteiger partial charge in [-0.1, -0.05) is 0 Å². The summed E-state index contributed by atoms with van der Waals surface area (Å²) in [7, 11) is 0. The second-order valence-corrected chi connectivity index (χ2v) is 3.48. The average Bonchev–Trinajstić information content (AvgIpc) is 1.96. The van der Waals surface area contributed by atoms with Crippen LogP contribution >= 0.6 is 0 Å². The van der Waals surface area contributed by atoms with Crippen molar-refractivity contribution in [1.82, 2.24) is 0 Å². The maximum atomic E-state index is 2.21. The fourth-order valence-corrected chi connectivity index (χ4v) is 2.16. The van der Waals surface area contributed by atoms with Gasteiger partial charge in [-0.05, 0) is 0 Å². The predicted octanol–water partition coefficient (Wildman–Crippen LogP) is -0.512. The molecule has 0 bridgehead atoms. The molecule has 3 aromatic heterocycles. The van der Waals surface area contributed by atoms with Crippen LogP contribution in [-0.4, -0.2) is 40.8 Å². The predicted molar refractivity (Wildman–Crippen MR) is 60.6 cm³/mol. The number of rotatable bonds is 0. The topological polar surface area (TPSA) is 0 Å². The van der Waals surface area contributed by atoms with Gasteiger partial charge < -0.3 is 0 Å². The Labute approximate surface area is 73.0 Å². The van der Waals surface area contributed by atoms with Gasteiger partial charge in [0, 0.05) is 0 Å². The van der Waals surface area contributed by atoms with Crippen molar-refractivity contribution < 1.29 is 0 Å². The van der Waals surface area contributed by atoms with Crippen molar-refractivity contribution in [1.29, 1.82) is 0 Å². The summed E-state index contributed by atoms with van der Waals surface area (Å²) in [4.78, 5) is 0. The summed E-state index contributed by atoms with van der Waals surface area (Å²) in [5, 5.41) is 8.73. The SMILES string of the molecule is b1bc2c1c1bbc1c1bbc21. The van der Waals surface area contributed by atoms with Crippen LogP contribution < -0.4 is 0 Å². The molecule has 0 saturated heterocycles. The third kappa shape index (κ3) is 0.478. The molecule has 4 rings (SSSR count). The summed E-state index contributed by atoms with van der Waals surface area (Å²) in [5.74, 6) is 0. The Bertz CT molecular complexity index is 480. The molecule has 0 amide bonds. The maximum absolute atomic E-state index is 2.21. The van der Waals surface area contributed by atoms with E-state index in [4.69, 9.17) is 0 Å². The van der Waals surface area contributed by atoms with Crippen molar-refractivity contribution in [3.63, 3.8) is 0 Å². The summed E-state index contributed by atoms with van der Waals surface area (Å²) in [6.07, 6.45) is 0. The van der Waals surface area contributed by atoms with E-state index in [1.54, 1.807) is 0 Å². The van der Waals surface area contributed by atoms with Crippen molar-refractivity contribution in [3.05, 3.63) is 0 Å². The molecule has 0 radical (unpaired) electrons. The molecule has 0 unspecified atom stereocenters. The van der Waals surface area contributed by atoms with Gasteiger partial charge in [-0.15, -0.1) is 0 Å². The number of benzene rings is 1. The third-order valence-corrected chi connectivity index (χ3v) is 2.99. The van der Waals surface area contributed by atoms with Crippen molar-refractivity contribution in [2.45, 2.75) is 0 Å². The van der Waals surface area contributed by atoms with Crippen LogP contribution in [0.25, 0.3) is 31.7 Å². The van der Waals surface area contributed by atoms with Crippen LogP contribution in [-0.2, 0) is 0 Å². The number of fused-ring (bicyclic) bond motifs is 6. The minimum absolute atomic E-state index is 1.45. The minimum atomic E-state index is 1.45. The molecular weight excluding hydrogens is 137 g/mol. The first kappa shape index (κ1) is 6.12. The number of hydrogen-bond donors (Lipinski definition) is 0. The van der Waals surface area contributed by atoms with Crippen molar-refractivity contribution in [2.24, 2.45) is 0 Å². The molecule has 3 heterocycles. The Morgan fingerprint density at radius 2 is 0.500 bits per heavy atom. The van der Waals surface area contributed by atoms with Crippen molar-refractivity contribution in [2.75, 3.05) is 0 Å². The summed E-state index contributed by atoms with van der Waals surface area (Å²) >= 11 is 0. The molecule has 0 fully saturated rings. The second-order valence-electron chi connectivity index (χ2n) is 3.48. The molecule has 0 aliphatic carbocycles. The van der Waals surface area contributed by atoms with Crippen LogP contribution in [0.15, 0.2) is 0 Å². The van der Waals surface area contributed by atoms with Gasteiger partial charge in [0.25, 0.3) is 0 Å². The van der Waals surface area contributed by atoms with E-state index in [0.29, 0.717) is 0 Å². The van der Waals surface area contributed by atoms with E-state index in [1.165, 1.54) is 31.7 Å².